The predicted octanol–water partition coefficient (Wildman–Crippen LogP) is 0.0553. The number of carbonyl (C=O) groups excluding carboxylic acids is 1. The number of hydrogen-bond acceptors (Lipinski definition) is 6. The first-order chi connectivity index (χ1) is 11.9. The Kier molecular flexibility index (Phi) is 4.82. The molecule has 2 aromatic heterocycles. The van der Waals surface area contributed by atoms with Crippen molar-refractivity contribution in [2.24, 2.45) is 7.05 Å². The second-order valence-electron chi connectivity index (χ2n) is 5.94. The van der Waals surface area contributed by atoms with Crippen molar-refractivity contribution < 1.29 is 13.2 Å². The number of aromatic nitrogens is 4. The van der Waals surface area contributed by atoms with Crippen LogP contribution < -0.4 is 0 Å². The highest BCUT2D eigenvalue weighted by Crippen LogP contribution is 2.17. The second-order valence-corrected chi connectivity index (χ2v) is 7.88. The van der Waals surface area contributed by atoms with E-state index in [4.69, 9.17) is 0 Å². The van der Waals surface area contributed by atoms with Gasteiger partial charge in [0, 0.05) is 45.6 Å². The molecule has 1 aliphatic heterocycles. The normalized spacial score (nSPS) is 16.6. The molecule has 1 amide bonds. The summed E-state index contributed by atoms with van der Waals surface area (Å²) in [7, 11) is -1.93. The van der Waals surface area contributed by atoms with Gasteiger partial charge in [-0.25, -0.2) is 13.4 Å². The minimum Gasteiger partial charge on any atom is -0.336 e. The zero-order chi connectivity index (χ0) is 18.0. The van der Waals surface area contributed by atoms with E-state index in [9.17, 15) is 13.2 Å². The first-order valence-corrected chi connectivity index (χ1v) is 9.38. The SMILES string of the molecule is Cc1cnc(C(=O)N2CCCN(S(=O)(=O)c3cnn(C)c3)CC2)cn1. The van der Waals surface area contributed by atoms with Crippen LogP contribution in [-0.2, 0) is 17.1 Å². The molecule has 134 valence electrons. The Hall–Kier alpha value is -2.33. The van der Waals surface area contributed by atoms with E-state index < -0.39 is 10.0 Å². The number of rotatable bonds is 3. The molecule has 3 rings (SSSR count). The molecular weight excluding hydrogens is 344 g/mol. The number of amides is 1. The van der Waals surface area contributed by atoms with Crippen molar-refractivity contribution in [3.8, 4) is 0 Å². The fourth-order valence-electron chi connectivity index (χ4n) is 2.68. The minimum atomic E-state index is -3.60. The molecule has 2 aromatic rings. The number of nitrogens with zero attached hydrogens (tertiary/aromatic N) is 6. The maximum absolute atomic E-state index is 12.7. The van der Waals surface area contributed by atoms with Gasteiger partial charge in [-0.1, -0.05) is 0 Å². The van der Waals surface area contributed by atoms with Crippen molar-refractivity contribution >= 4 is 15.9 Å². The van der Waals surface area contributed by atoms with E-state index in [1.807, 2.05) is 0 Å². The summed E-state index contributed by atoms with van der Waals surface area (Å²) in [6.45, 7) is 3.19. The van der Waals surface area contributed by atoms with Crippen molar-refractivity contribution in [3.63, 3.8) is 0 Å². The molecule has 0 bridgehead atoms. The number of hydrogen-bond donors (Lipinski definition) is 0. The van der Waals surface area contributed by atoms with Crippen LogP contribution in [0.1, 0.15) is 22.6 Å². The Morgan fingerprint density at radius 1 is 1.08 bits per heavy atom. The zero-order valence-electron chi connectivity index (χ0n) is 14.2. The Bertz CT molecular complexity index is 862. The second kappa shape index (κ2) is 6.89. The van der Waals surface area contributed by atoms with Crippen LogP contribution in [0.5, 0.6) is 0 Å². The third kappa shape index (κ3) is 3.69. The van der Waals surface area contributed by atoms with Crippen LogP contribution in [0.25, 0.3) is 0 Å². The predicted molar refractivity (Wildman–Crippen MR) is 89.3 cm³/mol. The highest BCUT2D eigenvalue weighted by molar-refractivity contribution is 7.89. The quantitative estimate of drug-likeness (QED) is 0.763. The summed E-state index contributed by atoms with van der Waals surface area (Å²) < 4.78 is 28.2. The molecular formula is C15H20N6O3S. The van der Waals surface area contributed by atoms with Gasteiger partial charge in [-0.2, -0.15) is 9.40 Å². The molecule has 9 nitrogen and oxygen atoms in total. The van der Waals surface area contributed by atoms with Crippen LogP contribution in [0.15, 0.2) is 29.7 Å². The molecule has 0 aliphatic carbocycles. The fourth-order valence-corrected chi connectivity index (χ4v) is 4.14. The lowest BCUT2D eigenvalue weighted by Crippen LogP contribution is -2.37. The van der Waals surface area contributed by atoms with Crippen LogP contribution in [0.4, 0.5) is 0 Å². The van der Waals surface area contributed by atoms with Crippen molar-refractivity contribution in [1.82, 2.24) is 29.0 Å². The van der Waals surface area contributed by atoms with Gasteiger partial charge in [0.15, 0.2) is 0 Å². The number of sulfonamides is 1. The average Bonchev–Trinajstić information content (AvgIpc) is 2.88. The summed E-state index contributed by atoms with van der Waals surface area (Å²) in [4.78, 5) is 22.5. The van der Waals surface area contributed by atoms with Crippen LogP contribution in [0, 0.1) is 6.92 Å². The van der Waals surface area contributed by atoms with Gasteiger partial charge in [0.25, 0.3) is 5.91 Å². The van der Waals surface area contributed by atoms with Crippen LogP contribution in [0.2, 0.25) is 0 Å². The van der Waals surface area contributed by atoms with Gasteiger partial charge in [-0.05, 0) is 13.3 Å². The van der Waals surface area contributed by atoms with E-state index in [2.05, 4.69) is 15.1 Å². The molecule has 0 unspecified atom stereocenters. The van der Waals surface area contributed by atoms with E-state index in [1.54, 1.807) is 25.1 Å². The third-order valence-electron chi connectivity index (χ3n) is 4.06. The summed E-state index contributed by atoms with van der Waals surface area (Å²) in [5.74, 6) is -0.229. The smallest absolute Gasteiger partial charge is 0.274 e. The molecule has 0 atom stereocenters. The summed E-state index contributed by atoms with van der Waals surface area (Å²) in [6, 6.07) is 0. The molecule has 1 aliphatic rings. The molecule has 0 saturated carbocycles. The van der Waals surface area contributed by atoms with Gasteiger partial charge >= 0.3 is 0 Å². The van der Waals surface area contributed by atoms with Crippen molar-refractivity contribution in [1.29, 1.82) is 0 Å². The molecule has 1 saturated heterocycles. The Labute approximate surface area is 146 Å². The van der Waals surface area contributed by atoms with Gasteiger partial charge in [-0.15, -0.1) is 0 Å². The Morgan fingerprint density at radius 2 is 1.88 bits per heavy atom. The topological polar surface area (TPSA) is 101 Å². The maximum Gasteiger partial charge on any atom is 0.274 e. The highest BCUT2D eigenvalue weighted by Gasteiger charge is 2.29. The Balaban J connectivity index is 1.72. The molecule has 3 heterocycles. The Morgan fingerprint density at radius 3 is 2.52 bits per heavy atom. The van der Waals surface area contributed by atoms with Crippen LogP contribution in [0.3, 0.4) is 0 Å². The fraction of sp³-hybridized carbons (Fsp3) is 0.467. The van der Waals surface area contributed by atoms with Crippen molar-refractivity contribution in [2.75, 3.05) is 26.2 Å². The van der Waals surface area contributed by atoms with E-state index in [0.29, 0.717) is 26.1 Å². The van der Waals surface area contributed by atoms with Gasteiger partial charge in [0.05, 0.1) is 18.1 Å². The minimum absolute atomic E-state index is 0.166. The molecule has 0 N–H and O–H groups in total. The van der Waals surface area contributed by atoms with Gasteiger partial charge in [-0.3, -0.25) is 14.5 Å². The summed E-state index contributed by atoms with van der Waals surface area (Å²) in [5.41, 5.74) is 1.01. The largest absolute Gasteiger partial charge is 0.336 e. The molecule has 1 fully saturated rings. The van der Waals surface area contributed by atoms with Crippen molar-refractivity contribution in [3.05, 3.63) is 36.2 Å². The van der Waals surface area contributed by atoms with Crippen LogP contribution in [-0.4, -0.2) is 69.5 Å². The van der Waals surface area contributed by atoms with E-state index in [-0.39, 0.29) is 23.0 Å². The lowest BCUT2D eigenvalue weighted by molar-refractivity contribution is 0.0758. The monoisotopic (exact) mass is 364 g/mol. The lowest BCUT2D eigenvalue weighted by atomic mass is 10.3. The first-order valence-electron chi connectivity index (χ1n) is 7.94. The third-order valence-corrected chi connectivity index (χ3v) is 5.91. The summed E-state index contributed by atoms with van der Waals surface area (Å²) in [5, 5.41) is 3.92. The maximum atomic E-state index is 12.7. The number of carbonyl (C=O) groups is 1. The van der Waals surface area contributed by atoms with E-state index in [1.165, 1.54) is 27.6 Å². The summed E-state index contributed by atoms with van der Waals surface area (Å²) in [6.07, 6.45) is 6.37. The zero-order valence-corrected chi connectivity index (χ0v) is 15.0. The van der Waals surface area contributed by atoms with Gasteiger partial charge in [0.1, 0.15) is 10.6 Å². The highest BCUT2D eigenvalue weighted by atomic mass is 32.2. The molecule has 0 aromatic carbocycles. The average molecular weight is 364 g/mol. The molecule has 0 spiro atoms. The van der Waals surface area contributed by atoms with Crippen molar-refractivity contribution in [2.45, 2.75) is 18.2 Å². The number of aryl methyl sites for hydroxylation is 2. The summed E-state index contributed by atoms with van der Waals surface area (Å²) >= 11 is 0. The first kappa shape index (κ1) is 17.5. The van der Waals surface area contributed by atoms with E-state index >= 15 is 0 Å². The van der Waals surface area contributed by atoms with E-state index in [0.717, 1.165) is 5.69 Å². The van der Waals surface area contributed by atoms with Gasteiger partial charge < -0.3 is 4.90 Å². The van der Waals surface area contributed by atoms with Crippen LogP contribution >= 0.6 is 0 Å². The molecule has 25 heavy (non-hydrogen) atoms. The molecule has 0 radical (unpaired) electrons. The standard InChI is InChI=1S/C15H20N6O3S/c1-12-8-17-14(10-16-12)15(22)20-4-3-5-21(7-6-20)25(23,24)13-9-18-19(2)11-13/h8-11H,3-7H2,1-2H3. The van der Waals surface area contributed by atoms with Gasteiger partial charge in [0.2, 0.25) is 10.0 Å². The molecule has 10 heteroatoms. The lowest BCUT2D eigenvalue weighted by Gasteiger charge is -2.21.